The number of benzene rings is 2. The molecule has 29 heavy (non-hydrogen) atoms. The summed E-state index contributed by atoms with van der Waals surface area (Å²) in [6.45, 7) is 1.75. The number of nitrogens with one attached hydrogen (secondary N) is 2. The number of hydrogen-bond donors (Lipinski definition) is 2. The molecule has 0 saturated carbocycles. The minimum absolute atomic E-state index is 0.445. The van der Waals surface area contributed by atoms with E-state index in [9.17, 15) is 0 Å². The number of fused-ring (bicyclic) bond motifs is 1. The first-order valence-electron chi connectivity index (χ1n) is 9.34. The maximum atomic E-state index is 5.75. The van der Waals surface area contributed by atoms with E-state index in [-0.39, 0.29) is 0 Å². The molecule has 1 aliphatic rings. The number of hydrogen-bond acceptors (Lipinski definition) is 6. The van der Waals surface area contributed by atoms with Crippen LogP contribution in [-0.4, -0.2) is 47.6 Å². The number of anilines is 1. The van der Waals surface area contributed by atoms with Gasteiger partial charge in [-0.1, -0.05) is 0 Å². The third-order valence-corrected chi connectivity index (χ3v) is 4.48. The molecule has 0 saturated heterocycles. The molecule has 1 heterocycles. The Morgan fingerprint density at radius 1 is 0.966 bits per heavy atom. The normalized spacial score (nSPS) is 13.3. The Balaban J connectivity index is 1.72. The summed E-state index contributed by atoms with van der Waals surface area (Å²) in [5.74, 6) is 4.07. The molecule has 0 aliphatic carbocycles. The van der Waals surface area contributed by atoms with Crippen LogP contribution in [0.25, 0.3) is 0 Å². The van der Waals surface area contributed by atoms with Crippen LogP contribution >= 0.6 is 0 Å². The van der Waals surface area contributed by atoms with Crippen molar-refractivity contribution in [1.29, 1.82) is 0 Å². The van der Waals surface area contributed by atoms with Gasteiger partial charge < -0.3 is 34.3 Å². The second-order valence-corrected chi connectivity index (χ2v) is 6.27. The van der Waals surface area contributed by atoms with E-state index in [1.165, 1.54) is 0 Å². The molecule has 0 spiro atoms. The quantitative estimate of drug-likeness (QED) is 0.569. The third kappa shape index (κ3) is 4.96. The average Bonchev–Trinajstić information content (AvgIpc) is 3.00. The molecule has 2 aromatic rings. The maximum Gasteiger partial charge on any atom is 0.195 e. The molecule has 0 unspecified atom stereocenters. The lowest BCUT2D eigenvalue weighted by Crippen LogP contribution is -2.30. The van der Waals surface area contributed by atoms with Crippen molar-refractivity contribution in [2.24, 2.45) is 4.99 Å². The van der Waals surface area contributed by atoms with E-state index in [1.807, 2.05) is 30.3 Å². The molecule has 8 heteroatoms. The minimum Gasteiger partial charge on any atom is -0.496 e. The van der Waals surface area contributed by atoms with Crippen molar-refractivity contribution >= 4 is 11.6 Å². The Morgan fingerprint density at radius 3 is 2.28 bits per heavy atom. The average molecular weight is 401 g/mol. The van der Waals surface area contributed by atoms with Gasteiger partial charge in [-0.05, 0) is 12.1 Å². The van der Waals surface area contributed by atoms with Crippen LogP contribution in [0.4, 0.5) is 5.69 Å². The lowest BCUT2D eigenvalue weighted by atomic mass is 10.1. The second kappa shape index (κ2) is 9.77. The van der Waals surface area contributed by atoms with E-state index in [0.29, 0.717) is 43.0 Å². The SMILES string of the molecule is CN=C(NCc1c(OC)cc(OC)cc1OC)Nc1ccc2c(c1)OCCCO2. The molecule has 8 nitrogen and oxygen atoms in total. The molecule has 0 amide bonds. The van der Waals surface area contributed by atoms with Crippen LogP contribution in [0.1, 0.15) is 12.0 Å². The van der Waals surface area contributed by atoms with Gasteiger partial charge in [-0.15, -0.1) is 0 Å². The fourth-order valence-electron chi connectivity index (χ4n) is 2.98. The summed E-state index contributed by atoms with van der Waals surface area (Å²) in [5, 5.41) is 6.54. The maximum absolute atomic E-state index is 5.75. The molecule has 0 aromatic heterocycles. The summed E-state index contributed by atoms with van der Waals surface area (Å²) >= 11 is 0. The number of methoxy groups -OCH3 is 3. The summed E-state index contributed by atoms with van der Waals surface area (Å²) < 4.78 is 27.7. The van der Waals surface area contributed by atoms with Gasteiger partial charge in [0.25, 0.3) is 0 Å². The molecule has 2 aromatic carbocycles. The summed E-state index contributed by atoms with van der Waals surface area (Å²) in [6, 6.07) is 9.36. The summed E-state index contributed by atoms with van der Waals surface area (Å²) in [5.41, 5.74) is 1.70. The van der Waals surface area contributed by atoms with Crippen molar-refractivity contribution in [2.45, 2.75) is 13.0 Å². The van der Waals surface area contributed by atoms with Crippen LogP contribution in [0.2, 0.25) is 0 Å². The number of rotatable bonds is 6. The molecule has 0 bridgehead atoms. The van der Waals surface area contributed by atoms with Gasteiger partial charge in [0.1, 0.15) is 17.2 Å². The van der Waals surface area contributed by atoms with Gasteiger partial charge in [0.05, 0.1) is 46.7 Å². The van der Waals surface area contributed by atoms with E-state index in [0.717, 1.165) is 29.2 Å². The Hall–Kier alpha value is -3.29. The van der Waals surface area contributed by atoms with E-state index >= 15 is 0 Å². The fraction of sp³-hybridized carbons (Fsp3) is 0.381. The first kappa shape index (κ1) is 20.4. The van der Waals surface area contributed by atoms with Crippen molar-refractivity contribution in [3.63, 3.8) is 0 Å². The van der Waals surface area contributed by atoms with E-state index in [4.69, 9.17) is 23.7 Å². The van der Waals surface area contributed by atoms with Crippen LogP contribution in [0, 0.1) is 0 Å². The van der Waals surface area contributed by atoms with E-state index in [1.54, 1.807) is 28.4 Å². The third-order valence-electron chi connectivity index (χ3n) is 4.48. The zero-order chi connectivity index (χ0) is 20.6. The highest BCUT2D eigenvalue weighted by molar-refractivity contribution is 5.93. The lowest BCUT2D eigenvalue weighted by molar-refractivity contribution is 0.297. The van der Waals surface area contributed by atoms with Gasteiger partial charge in [-0.3, -0.25) is 4.99 Å². The van der Waals surface area contributed by atoms with Crippen LogP contribution in [0.5, 0.6) is 28.7 Å². The minimum atomic E-state index is 0.445. The van der Waals surface area contributed by atoms with Gasteiger partial charge in [0.2, 0.25) is 0 Å². The smallest absolute Gasteiger partial charge is 0.195 e. The molecule has 2 N–H and O–H groups in total. The Bertz CT molecular complexity index is 844. The van der Waals surface area contributed by atoms with E-state index < -0.39 is 0 Å². The standard InChI is InChI=1S/C21H27N3O5/c1-22-21(24-14-6-7-17-20(10-14)29-9-5-8-28-17)23-13-16-18(26-3)11-15(25-2)12-19(16)27-4/h6-7,10-12H,5,8-9,13H2,1-4H3,(H2,22,23,24). The fourth-order valence-corrected chi connectivity index (χ4v) is 2.98. The number of aliphatic imine (C=N–C) groups is 1. The molecular formula is C21H27N3O5. The van der Waals surface area contributed by atoms with Gasteiger partial charge in [0, 0.05) is 37.4 Å². The van der Waals surface area contributed by atoms with Crippen molar-refractivity contribution in [1.82, 2.24) is 5.32 Å². The number of guanidine groups is 1. The Labute approximate surface area is 170 Å². The molecule has 1 aliphatic heterocycles. The molecule has 3 rings (SSSR count). The highest BCUT2D eigenvalue weighted by atomic mass is 16.5. The van der Waals surface area contributed by atoms with Crippen LogP contribution < -0.4 is 34.3 Å². The van der Waals surface area contributed by atoms with Gasteiger partial charge in [0.15, 0.2) is 17.5 Å². The highest BCUT2D eigenvalue weighted by Gasteiger charge is 2.15. The first-order valence-corrected chi connectivity index (χ1v) is 9.34. The van der Waals surface area contributed by atoms with Gasteiger partial charge in [-0.2, -0.15) is 0 Å². The number of ether oxygens (including phenoxy) is 5. The highest BCUT2D eigenvalue weighted by Crippen LogP contribution is 2.34. The van der Waals surface area contributed by atoms with E-state index in [2.05, 4.69) is 15.6 Å². The molecule has 0 atom stereocenters. The first-order chi connectivity index (χ1) is 14.2. The largest absolute Gasteiger partial charge is 0.496 e. The lowest BCUT2D eigenvalue weighted by Gasteiger charge is -2.17. The molecule has 156 valence electrons. The van der Waals surface area contributed by atoms with Crippen molar-refractivity contribution in [3.8, 4) is 28.7 Å². The van der Waals surface area contributed by atoms with Crippen LogP contribution in [0.15, 0.2) is 35.3 Å². The van der Waals surface area contributed by atoms with Crippen LogP contribution in [-0.2, 0) is 6.54 Å². The zero-order valence-corrected chi connectivity index (χ0v) is 17.2. The number of nitrogens with zero attached hydrogens (tertiary/aromatic N) is 1. The summed E-state index contributed by atoms with van der Waals surface area (Å²) in [7, 11) is 6.54. The van der Waals surface area contributed by atoms with Gasteiger partial charge >= 0.3 is 0 Å². The molecule has 0 radical (unpaired) electrons. The summed E-state index contributed by atoms with van der Waals surface area (Å²) in [6.07, 6.45) is 0.867. The zero-order valence-electron chi connectivity index (χ0n) is 17.2. The topological polar surface area (TPSA) is 82.6 Å². The second-order valence-electron chi connectivity index (χ2n) is 6.27. The Kier molecular flexibility index (Phi) is 6.89. The monoisotopic (exact) mass is 401 g/mol. The van der Waals surface area contributed by atoms with Crippen molar-refractivity contribution in [2.75, 3.05) is 46.9 Å². The molecular weight excluding hydrogens is 374 g/mol. The predicted molar refractivity (Wildman–Crippen MR) is 112 cm³/mol. The van der Waals surface area contributed by atoms with Crippen molar-refractivity contribution in [3.05, 3.63) is 35.9 Å². The predicted octanol–water partition coefficient (Wildman–Crippen LogP) is 3.06. The molecule has 0 fully saturated rings. The summed E-state index contributed by atoms with van der Waals surface area (Å²) in [4.78, 5) is 4.29. The van der Waals surface area contributed by atoms with Gasteiger partial charge in [-0.25, -0.2) is 0 Å². The van der Waals surface area contributed by atoms with Crippen LogP contribution in [0.3, 0.4) is 0 Å². The van der Waals surface area contributed by atoms with Crippen molar-refractivity contribution < 1.29 is 23.7 Å². The Morgan fingerprint density at radius 2 is 1.66 bits per heavy atom.